The third kappa shape index (κ3) is 2.20. The molecule has 2 heterocycles. The Bertz CT molecular complexity index is 316. The largest absolute Gasteiger partial charge is 0.472 e. The van der Waals surface area contributed by atoms with Gasteiger partial charge in [0.2, 0.25) is 5.88 Å². The Morgan fingerprint density at radius 1 is 1.50 bits per heavy atom. The molecule has 1 N–H and O–H groups in total. The lowest BCUT2D eigenvalue weighted by Crippen LogP contribution is -2.21. The summed E-state index contributed by atoms with van der Waals surface area (Å²) in [4.78, 5) is 8.29. The number of ether oxygens (including phenoxy) is 1. The van der Waals surface area contributed by atoms with E-state index in [2.05, 4.69) is 22.2 Å². The Balaban J connectivity index is 1.97. The highest BCUT2D eigenvalue weighted by molar-refractivity contribution is 5.07. The predicted molar refractivity (Wildman–Crippen MR) is 53.3 cm³/mol. The van der Waals surface area contributed by atoms with Crippen molar-refractivity contribution in [2.24, 2.45) is 0 Å². The monoisotopic (exact) mass is 193 g/mol. The van der Waals surface area contributed by atoms with Gasteiger partial charge in [-0.1, -0.05) is 0 Å². The molecule has 0 aromatic carbocycles. The first kappa shape index (κ1) is 9.40. The summed E-state index contributed by atoms with van der Waals surface area (Å²) in [6, 6.07) is 0.540. The average Bonchev–Trinajstić information content (AvgIpc) is 2.51. The molecule has 4 nitrogen and oxygen atoms in total. The normalized spacial score (nSPS) is 26.4. The number of aryl methyl sites for hydroxylation is 1. The minimum Gasteiger partial charge on any atom is -0.472 e. The molecular formula is C10H15N3O. The van der Waals surface area contributed by atoms with Gasteiger partial charge >= 0.3 is 0 Å². The van der Waals surface area contributed by atoms with Gasteiger partial charge in [-0.3, -0.25) is 4.98 Å². The molecule has 0 saturated carbocycles. The third-order valence-corrected chi connectivity index (χ3v) is 2.33. The molecule has 0 aliphatic carbocycles. The highest BCUT2D eigenvalue weighted by Gasteiger charge is 2.22. The molecule has 1 aromatic rings. The Labute approximate surface area is 83.7 Å². The molecule has 2 rings (SSSR count). The van der Waals surface area contributed by atoms with Gasteiger partial charge in [-0.25, -0.2) is 4.98 Å². The predicted octanol–water partition coefficient (Wildman–Crippen LogP) is 0.914. The summed E-state index contributed by atoms with van der Waals surface area (Å²) in [7, 11) is 0. The maximum Gasteiger partial charge on any atom is 0.232 e. The second-order valence-electron chi connectivity index (χ2n) is 3.78. The van der Waals surface area contributed by atoms with Crippen LogP contribution in [-0.4, -0.2) is 28.7 Å². The Hall–Kier alpha value is -1.16. The fourth-order valence-electron chi connectivity index (χ4n) is 1.65. The van der Waals surface area contributed by atoms with Crippen molar-refractivity contribution < 1.29 is 4.74 Å². The van der Waals surface area contributed by atoms with Crippen LogP contribution in [0.25, 0.3) is 0 Å². The summed E-state index contributed by atoms with van der Waals surface area (Å²) in [6.07, 6.45) is 4.66. The quantitative estimate of drug-likeness (QED) is 0.758. The van der Waals surface area contributed by atoms with E-state index in [1.54, 1.807) is 12.4 Å². The smallest absolute Gasteiger partial charge is 0.232 e. The van der Waals surface area contributed by atoms with Gasteiger partial charge in [0.25, 0.3) is 0 Å². The zero-order valence-electron chi connectivity index (χ0n) is 8.53. The maximum atomic E-state index is 5.69. The summed E-state index contributed by atoms with van der Waals surface area (Å²) in [5, 5.41) is 3.33. The number of rotatable bonds is 2. The zero-order chi connectivity index (χ0) is 9.97. The zero-order valence-corrected chi connectivity index (χ0v) is 8.53. The second-order valence-corrected chi connectivity index (χ2v) is 3.78. The molecule has 0 radical (unpaired) electrons. The molecule has 1 fully saturated rings. The topological polar surface area (TPSA) is 47.0 Å². The van der Waals surface area contributed by atoms with Crippen LogP contribution in [0, 0.1) is 6.92 Å². The van der Waals surface area contributed by atoms with Crippen LogP contribution < -0.4 is 10.1 Å². The van der Waals surface area contributed by atoms with Crippen molar-refractivity contribution in [2.75, 3.05) is 6.54 Å². The molecule has 1 aliphatic heterocycles. The molecule has 2 atom stereocenters. The van der Waals surface area contributed by atoms with E-state index in [4.69, 9.17) is 4.74 Å². The standard InChI is InChI=1S/C10H15N3O/c1-7-3-9(5-12-7)14-10-6-11-4-8(2)13-10/h4,6-7,9,12H,3,5H2,1-2H3/t7-,9+/m0/s1. The van der Waals surface area contributed by atoms with Crippen LogP contribution in [-0.2, 0) is 0 Å². The molecule has 4 heteroatoms. The fraction of sp³-hybridized carbons (Fsp3) is 0.600. The SMILES string of the molecule is Cc1cncc(O[C@H]2CN[C@@H](C)C2)n1. The highest BCUT2D eigenvalue weighted by Crippen LogP contribution is 2.13. The summed E-state index contributed by atoms with van der Waals surface area (Å²) in [6.45, 7) is 4.97. The van der Waals surface area contributed by atoms with Crippen molar-refractivity contribution in [2.45, 2.75) is 32.4 Å². The van der Waals surface area contributed by atoms with E-state index in [0.29, 0.717) is 11.9 Å². The van der Waals surface area contributed by atoms with E-state index in [-0.39, 0.29) is 6.10 Å². The van der Waals surface area contributed by atoms with Gasteiger partial charge in [-0.05, 0) is 13.8 Å². The third-order valence-electron chi connectivity index (χ3n) is 2.33. The molecule has 0 spiro atoms. The summed E-state index contributed by atoms with van der Waals surface area (Å²) >= 11 is 0. The number of hydrogen-bond acceptors (Lipinski definition) is 4. The van der Waals surface area contributed by atoms with Crippen LogP contribution in [0.4, 0.5) is 0 Å². The van der Waals surface area contributed by atoms with Crippen LogP contribution in [0.3, 0.4) is 0 Å². The molecule has 1 saturated heterocycles. The molecule has 0 bridgehead atoms. The molecular weight excluding hydrogens is 178 g/mol. The van der Waals surface area contributed by atoms with E-state index in [1.165, 1.54) is 0 Å². The first-order valence-electron chi connectivity index (χ1n) is 4.93. The molecule has 1 aliphatic rings. The van der Waals surface area contributed by atoms with Gasteiger partial charge in [0.1, 0.15) is 6.10 Å². The number of nitrogens with one attached hydrogen (secondary N) is 1. The van der Waals surface area contributed by atoms with Gasteiger partial charge in [0.15, 0.2) is 0 Å². The lowest BCUT2D eigenvalue weighted by Gasteiger charge is -2.11. The highest BCUT2D eigenvalue weighted by atomic mass is 16.5. The second kappa shape index (κ2) is 3.92. The van der Waals surface area contributed by atoms with Crippen LogP contribution in [0.1, 0.15) is 19.0 Å². The van der Waals surface area contributed by atoms with Crippen molar-refractivity contribution in [3.8, 4) is 5.88 Å². The van der Waals surface area contributed by atoms with Gasteiger partial charge in [0, 0.05) is 25.2 Å². The lowest BCUT2D eigenvalue weighted by molar-refractivity contribution is 0.210. The summed E-state index contributed by atoms with van der Waals surface area (Å²) in [5.41, 5.74) is 0.890. The van der Waals surface area contributed by atoms with Gasteiger partial charge in [0.05, 0.1) is 11.9 Å². The molecule has 0 amide bonds. The number of nitrogens with zero attached hydrogens (tertiary/aromatic N) is 2. The molecule has 14 heavy (non-hydrogen) atoms. The van der Waals surface area contributed by atoms with Crippen molar-refractivity contribution >= 4 is 0 Å². The van der Waals surface area contributed by atoms with E-state index < -0.39 is 0 Å². The number of hydrogen-bond donors (Lipinski definition) is 1. The van der Waals surface area contributed by atoms with Crippen LogP contribution >= 0.6 is 0 Å². The van der Waals surface area contributed by atoms with Crippen molar-refractivity contribution in [1.29, 1.82) is 0 Å². The first-order valence-corrected chi connectivity index (χ1v) is 4.93. The Morgan fingerprint density at radius 3 is 3.00 bits per heavy atom. The Morgan fingerprint density at radius 2 is 2.36 bits per heavy atom. The van der Waals surface area contributed by atoms with Gasteiger partial charge in [-0.2, -0.15) is 0 Å². The molecule has 0 unspecified atom stereocenters. The van der Waals surface area contributed by atoms with E-state index >= 15 is 0 Å². The number of aromatic nitrogens is 2. The fourth-order valence-corrected chi connectivity index (χ4v) is 1.65. The summed E-state index contributed by atoms with van der Waals surface area (Å²) < 4.78 is 5.69. The van der Waals surface area contributed by atoms with Crippen molar-refractivity contribution in [3.63, 3.8) is 0 Å². The first-order chi connectivity index (χ1) is 6.74. The molecule has 1 aromatic heterocycles. The maximum absolute atomic E-state index is 5.69. The van der Waals surface area contributed by atoms with E-state index in [1.807, 2.05) is 6.92 Å². The van der Waals surface area contributed by atoms with Crippen LogP contribution in [0.5, 0.6) is 5.88 Å². The molecule has 76 valence electrons. The van der Waals surface area contributed by atoms with Crippen molar-refractivity contribution in [3.05, 3.63) is 18.1 Å². The van der Waals surface area contributed by atoms with E-state index in [9.17, 15) is 0 Å². The minimum atomic E-state index is 0.237. The lowest BCUT2D eigenvalue weighted by atomic mass is 10.2. The average molecular weight is 193 g/mol. The van der Waals surface area contributed by atoms with Crippen LogP contribution in [0.15, 0.2) is 12.4 Å². The van der Waals surface area contributed by atoms with Gasteiger partial charge < -0.3 is 10.1 Å². The minimum absolute atomic E-state index is 0.237. The van der Waals surface area contributed by atoms with Crippen molar-refractivity contribution in [1.82, 2.24) is 15.3 Å². The van der Waals surface area contributed by atoms with E-state index in [0.717, 1.165) is 18.7 Å². The Kier molecular flexibility index (Phi) is 2.63. The van der Waals surface area contributed by atoms with Crippen LogP contribution in [0.2, 0.25) is 0 Å². The van der Waals surface area contributed by atoms with Gasteiger partial charge in [-0.15, -0.1) is 0 Å². The summed E-state index contributed by atoms with van der Waals surface area (Å²) in [5.74, 6) is 0.630.